The molecule has 16 heavy (non-hydrogen) atoms. The first kappa shape index (κ1) is 13.1. The molecule has 0 radical (unpaired) electrons. The van der Waals surface area contributed by atoms with Gasteiger partial charge in [-0.3, -0.25) is 0 Å². The maximum absolute atomic E-state index is 5.30. The van der Waals surface area contributed by atoms with E-state index in [0.717, 1.165) is 32.1 Å². The third-order valence-electron chi connectivity index (χ3n) is 2.18. The molecule has 0 aromatic carbocycles. The molecule has 1 aromatic rings. The van der Waals surface area contributed by atoms with Crippen LogP contribution in [-0.4, -0.2) is 34.5 Å². The van der Waals surface area contributed by atoms with Crippen molar-refractivity contribution in [3.05, 3.63) is 12.2 Å². The summed E-state index contributed by atoms with van der Waals surface area (Å²) >= 11 is 0. The monoisotopic (exact) mass is 226 g/mol. The van der Waals surface area contributed by atoms with Crippen molar-refractivity contribution in [3.8, 4) is 0 Å². The van der Waals surface area contributed by atoms with Crippen molar-refractivity contribution in [3.63, 3.8) is 0 Å². The average Bonchev–Trinajstić information content (AvgIpc) is 2.66. The Bertz CT molecular complexity index is 285. The fourth-order valence-corrected chi connectivity index (χ4v) is 1.38. The first-order chi connectivity index (χ1) is 7.74. The second kappa shape index (κ2) is 7.35. The highest BCUT2D eigenvalue weighted by atomic mass is 16.5. The third-order valence-corrected chi connectivity index (χ3v) is 2.18. The maximum atomic E-state index is 5.30. The van der Waals surface area contributed by atoms with Crippen LogP contribution in [0.25, 0.3) is 0 Å². The number of aromatic nitrogens is 3. The Hall–Kier alpha value is -0.940. The molecule has 5 heteroatoms. The minimum Gasteiger partial charge on any atom is -0.380 e. The largest absolute Gasteiger partial charge is 0.380 e. The van der Waals surface area contributed by atoms with Gasteiger partial charge in [-0.2, -0.15) is 5.10 Å². The maximum Gasteiger partial charge on any atom is 0.140 e. The molecule has 0 aliphatic rings. The molecule has 1 N–H and O–H groups in total. The van der Waals surface area contributed by atoms with Crippen molar-refractivity contribution in [2.45, 2.75) is 33.9 Å². The number of rotatable bonds is 8. The lowest BCUT2D eigenvalue weighted by atomic mass is 10.2. The molecule has 5 nitrogen and oxygen atoms in total. The summed E-state index contributed by atoms with van der Waals surface area (Å²) < 4.78 is 7.19. The molecule has 0 unspecified atom stereocenters. The predicted octanol–water partition coefficient (Wildman–Crippen LogP) is 1.06. The van der Waals surface area contributed by atoms with Crippen LogP contribution in [0.5, 0.6) is 0 Å². The quantitative estimate of drug-likeness (QED) is 0.673. The number of nitrogens with one attached hydrogen (secondary N) is 1. The van der Waals surface area contributed by atoms with Gasteiger partial charge in [-0.25, -0.2) is 9.67 Å². The number of nitrogens with zero attached hydrogens (tertiary/aromatic N) is 3. The topological polar surface area (TPSA) is 52.0 Å². The number of hydrogen-bond acceptors (Lipinski definition) is 4. The Balaban J connectivity index is 2.32. The van der Waals surface area contributed by atoms with Crippen LogP contribution < -0.4 is 5.32 Å². The van der Waals surface area contributed by atoms with E-state index in [1.165, 1.54) is 0 Å². The van der Waals surface area contributed by atoms with E-state index in [-0.39, 0.29) is 0 Å². The van der Waals surface area contributed by atoms with Gasteiger partial charge in [0.15, 0.2) is 0 Å². The summed E-state index contributed by atoms with van der Waals surface area (Å²) in [4.78, 5) is 4.23. The smallest absolute Gasteiger partial charge is 0.140 e. The van der Waals surface area contributed by atoms with Crippen molar-refractivity contribution in [2.75, 3.05) is 19.8 Å². The van der Waals surface area contributed by atoms with Crippen LogP contribution >= 0.6 is 0 Å². The highest BCUT2D eigenvalue weighted by Gasteiger charge is 2.03. The van der Waals surface area contributed by atoms with Gasteiger partial charge < -0.3 is 10.1 Å². The van der Waals surface area contributed by atoms with Gasteiger partial charge in [0.2, 0.25) is 0 Å². The fourth-order valence-electron chi connectivity index (χ4n) is 1.38. The van der Waals surface area contributed by atoms with Gasteiger partial charge in [0.1, 0.15) is 12.2 Å². The molecule has 1 heterocycles. The second-order valence-electron chi connectivity index (χ2n) is 4.12. The molecule has 1 rings (SSSR count). The molecular formula is C11H22N4O. The molecule has 1 aromatic heterocycles. The molecular weight excluding hydrogens is 204 g/mol. The summed E-state index contributed by atoms with van der Waals surface area (Å²) in [5.41, 5.74) is 0. The number of hydrogen-bond donors (Lipinski definition) is 1. The minimum atomic E-state index is 0.653. The van der Waals surface area contributed by atoms with E-state index in [1.807, 2.05) is 11.6 Å². The van der Waals surface area contributed by atoms with E-state index >= 15 is 0 Å². The Morgan fingerprint density at radius 2 is 2.31 bits per heavy atom. The van der Waals surface area contributed by atoms with Crippen LogP contribution in [0.4, 0.5) is 0 Å². The lowest BCUT2D eigenvalue weighted by Gasteiger charge is -2.08. The van der Waals surface area contributed by atoms with E-state index in [9.17, 15) is 0 Å². The van der Waals surface area contributed by atoms with E-state index in [2.05, 4.69) is 29.2 Å². The zero-order valence-electron chi connectivity index (χ0n) is 10.4. The van der Waals surface area contributed by atoms with Crippen LogP contribution in [0.2, 0.25) is 0 Å². The summed E-state index contributed by atoms with van der Waals surface area (Å²) in [5, 5.41) is 7.53. The van der Waals surface area contributed by atoms with Crippen LogP contribution in [0.3, 0.4) is 0 Å². The Kier molecular flexibility index (Phi) is 6.03. The lowest BCUT2D eigenvalue weighted by Crippen LogP contribution is -2.22. The van der Waals surface area contributed by atoms with Gasteiger partial charge in [-0.15, -0.1) is 0 Å². The fraction of sp³-hybridized carbons (Fsp3) is 0.818. The van der Waals surface area contributed by atoms with Crippen LogP contribution in [-0.2, 0) is 17.8 Å². The summed E-state index contributed by atoms with van der Waals surface area (Å²) in [5.74, 6) is 1.63. The summed E-state index contributed by atoms with van der Waals surface area (Å²) in [6.45, 7) is 10.3. The molecule has 0 saturated heterocycles. The molecule has 0 aliphatic carbocycles. The highest BCUT2D eigenvalue weighted by molar-refractivity contribution is 4.83. The standard InChI is InChI=1S/C11H22N4O/c1-4-16-6-5-15-11(13-9-14-15)8-12-7-10(2)3/h9-10,12H,4-8H2,1-3H3. The molecule has 0 aliphatic heterocycles. The van der Waals surface area contributed by atoms with Gasteiger partial charge in [-0.05, 0) is 19.4 Å². The van der Waals surface area contributed by atoms with Crippen LogP contribution in [0.15, 0.2) is 6.33 Å². The normalized spacial score (nSPS) is 11.2. The molecule has 0 spiro atoms. The molecule has 0 bridgehead atoms. The zero-order valence-corrected chi connectivity index (χ0v) is 10.4. The van der Waals surface area contributed by atoms with Crippen molar-refractivity contribution in [2.24, 2.45) is 5.92 Å². The minimum absolute atomic E-state index is 0.653. The van der Waals surface area contributed by atoms with Gasteiger partial charge in [-0.1, -0.05) is 13.8 Å². The van der Waals surface area contributed by atoms with E-state index < -0.39 is 0 Å². The van der Waals surface area contributed by atoms with Gasteiger partial charge in [0.05, 0.1) is 19.7 Å². The van der Waals surface area contributed by atoms with Crippen molar-refractivity contribution in [1.82, 2.24) is 20.1 Å². The SMILES string of the molecule is CCOCCn1ncnc1CNCC(C)C. The van der Waals surface area contributed by atoms with Crippen LogP contribution in [0, 0.1) is 5.92 Å². The molecule has 0 amide bonds. The van der Waals surface area contributed by atoms with Crippen LogP contribution in [0.1, 0.15) is 26.6 Å². The summed E-state index contributed by atoms with van der Waals surface area (Å²) in [6.07, 6.45) is 1.60. The Morgan fingerprint density at radius 3 is 3.00 bits per heavy atom. The summed E-state index contributed by atoms with van der Waals surface area (Å²) in [6, 6.07) is 0. The van der Waals surface area contributed by atoms with Crippen molar-refractivity contribution < 1.29 is 4.74 Å². The summed E-state index contributed by atoms with van der Waals surface area (Å²) in [7, 11) is 0. The molecule has 0 fully saturated rings. The molecule has 0 atom stereocenters. The molecule has 0 saturated carbocycles. The van der Waals surface area contributed by atoms with Gasteiger partial charge in [0, 0.05) is 6.61 Å². The average molecular weight is 226 g/mol. The van der Waals surface area contributed by atoms with E-state index in [1.54, 1.807) is 6.33 Å². The van der Waals surface area contributed by atoms with E-state index in [4.69, 9.17) is 4.74 Å². The van der Waals surface area contributed by atoms with Crippen molar-refractivity contribution in [1.29, 1.82) is 0 Å². The third kappa shape index (κ3) is 4.72. The van der Waals surface area contributed by atoms with E-state index in [0.29, 0.717) is 12.5 Å². The lowest BCUT2D eigenvalue weighted by molar-refractivity contribution is 0.135. The van der Waals surface area contributed by atoms with Crippen molar-refractivity contribution >= 4 is 0 Å². The molecule has 92 valence electrons. The second-order valence-corrected chi connectivity index (χ2v) is 4.12. The zero-order chi connectivity index (χ0) is 11.8. The Morgan fingerprint density at radius 1 is 1.50 bits per heavy atom. The van der Waals surface area contributed by atoms with Gasteiger partial charge in [0.25, 0.3) is 0 Å². The highest BCUT2D eigenvalue weighted by Crippen LogP contribution is 1.95. The first-order valence-electron chi connectivity index (χ1n) is 5.89. The predicted molar refractivity (Wildman–Crippen MR) is 63.1 cm³/mol. The van der Waals surface area contributed by atoms with Gasteiger partial charge >= 0.3 is 0 Å². The number of ether oxygens (including phenoxy) is 1. The Labute approximate surface area is 97.2 Å². The first-order valence-corrected chi connectivity index (χ1v) is 5.89.